The average molecular weight is 189 g/mol. The van der Waals surface area contributed by atoms with Crippen molar-refractivity contribution in [1.29, 1.82) is 0 Å². The minimum atomic E-state index is -3.31. The van der Waals surface area contributed by atoms with Gasteiger partial charge >= 0.3 is 5.38 Å². The summed E-state index contributed by atoms with van der Waals surface area (Å²) in [5.74, 6) is 0. The van der Waals surface area contributed by atoms with Crippen LogP contribution < -0.4 is 0 Å². The molecule has 64 valence electrons. The van der Waals surface area contributed by atoms with Gasteiger partial charge in [0.25, 0.3) is 0 Å². The Labute approximate surface area is 74.5 Å². The molecule has 1 aromatic rings. The van der Waals surface area contributed by atoms with E-state index in [0.717, 1.165) is 0 Å². The number of hydrogen-bond donors (Lipinski definition) is 0. The average Bonchev–Trinajstić information content (AvgIpc) is 2.03. The molecule has 0 aliphatic heterocycles. The van der Waals surface area contributed by atoms with Crippen LogP contribution in [-0.4, -0.2) is 0 Å². The molecular formula is C9H7ClF2. The molecule has 0 unspecified atom stereocenters. The Kier molecular flexibility index (Phi) is 2.48. The lowest BCUT2D eigenvalue weighted by Crippen LogP contribution is -2.05. The minimum absolute atomic E-state index is 0.207. The van der Waals surface area contributed by atoms with Crippen molar-refractivity contribution < 1.29 is 8.78 Å². The third-order valence-corrected chi connectivity index (χ3v) is 1.69. The molecule has 0 aromatic heterocycles. The topological polar surface area (TPSA) is 0 Å². The molecule has 12 heavy (non-hydrogen) atoms. The van der Waals surface area contributed by atoms with Crippen LogP contribution in [-0.2, 0) is 5.38 Å². The number of benzene rings is 1. The van der Waals surface area contributed by atoms with Crippen molar-refractivity contribution >= 4 is 17.7 Å². The summed E-state index contributed by atoms with van der Waals surface area (Å²) in [5, 5.41) is -3.31. The van der Waals surface area contributed by atoms with Gasteiger partial charge in [0.15, 0.2) is 0 Å². The van der Waals surface area contributed by atoms with Gasteiger partial charge in [-0.3, -0.25) is 0 Å². The maximum Gasteiger partial charge on any atom is 0.348 e. The second-order valence-electron chi connectivity index (χ2n) is 2.29. The number of rotatable bonds is 2. The van der Waals surface area contributed by atoms with Crippen LogP contribution in [0.2, 0.25) is 0 Å². The van der Waals surface area contributed by atoms with Crippen molar-refractivity contribution in [3.05, 3.63) is 42.0 Å². The van der Waals surface area contributed by atoms with Gasteiger partial charge in [-0.15, -0.1) is 0 Å². The summed E-state index contributed by atoms with van der Waals surface area (Å²) in [5.41, 5.74) is 0.152. The summed E-state index contributed by atoms with van der Waals surface area (Å²) >= 11 is 4.86. The summed E-state index contributed by atoms with van der Waals surface area (Å²) in [6, 6.07) is 5.99. The molecule has 3 heteroatoms. The lowest BCUT2D eigenvalue weighted by molar-refractivity contribution is 0.0949. The highest BCUT2D eigenvalue weighted by molar-refractivity contribution is 6.22. The lowest BCUT2D eigenvalue weighted by atomic mass is 10.1. The quantitative estimate of drug-likeness (QED) is 0.622. The van der Waals surface area contributed by atoms with Crippen LogP contribution in [0.15, 0.2) is 30.8 Å². The fourth-order valence-corrected chi connectivity index (χ4v) is 1.11. The third-order valence-electron chi connectivity index (χ3n) is 1.49. The highest BCUT2D eigenvalue weighted by Crippen LogP contribution is 2.34. The van der Waals surface area contributed by atoms with Gasteiger partial charge in [-0.25, -0.2) is 0 Å². The third kappa shape index (κ3) is 1.83. The van der Waals surface area contributed by atoms with Gasteiger partial charge in [0.2, 0.25) is 0 Å². The molecule has 0 aliphatic rings. The second-order valence-corrected chi connectivity index (χ2v) is 2.76. The first-order chi connectivity index (χ1) is 5.55. The molecular weight excluding hydrogens is 182 g/mol. The largest absolute Gasteiger partial charge is 0.348 e. The first-order valence-corrected chi connectivity index (χ1v) is 3.72. The van der Waals surface area contributed by atoms with Crippen LogP contribution >= 0.6 is 11.6 Å². The standard InChI is InChI=1S/C9H7ClF2/c1-2-7-5-3-4-6-8(7)9(10,11)12/h2-6H,1H2. The van der Waals surface area contributed by atoms with Gasteiger partial charge in [-0.2, -0.15) is 8.78 Å². The Balaban J connectivity index is 3.23. The van der Waals surface area contributed by atoms with Crippen molar-refractivity contribution in [3.63, 3.8) is 0 Å². The molecule has 1 aromatic carbocycles. The summed E-state index contributed by atoms with van der Waals surface area (Å²) in [4.78, 5) is 0. The molecule has 0 bridgehead atoms. The van der Waals surface area contributed by atoms with Crippen LogP contribution in [0.5, 0.6) is 0 Å². The van der Waals surface area contributed by atoms with Gasteiger partial charge < -0.3 is 0 Å². The Hall–Kier alpha value is -0.890. The van der Waals surface area contributed by atoms with Gasteiger partial charge in [0.05, 0.1) is 0 Å². The Morgan fingerprint density at radius 1 is 1.33 bits per heavy atom. The Morgan fingerprint density at radius 3 is 2.33 bits per heavy atom. The highest BCUT2D eigenvalue weighted by atomic mass is 35.5. The number of alkyl halides is 3. The summed E-state index contributed by atoms with van der Waals surface area (Å²) in [7, 11) is 0. The Morgan fingerprint density at radius 2 is 1.92 bits per heavy atom. The molecule has 0 heterocycles. The van der Waals surface area contributed by atoms with Crippen LogP contribution in [0.4, 0.5) is 8.78 Å². The predicted octanol–water partition coefficient (Wildman–Crippen LogP) is 3.62. The van der Waals surface area contributed by atoms with Crippen LogP contribution in [0.3, 0.4) is 0 Å². The summed E-state index contributed by atoms with van der Waals surface area (Å²) in [6.07, 6.45) is 1.35. The zero-order valence-electron chi connectivity index (χ0n) is 6.23. The molecule has 0 N–H and O–H groups in total. The monoisotopic (exact) mass is 188 g/mol. The minimum Gasteiger partial charge on any atom is -0.183 e. The molecule has 0 saturated carbocycles. The number of hydrogen-bond acceptors (Lipinski definition) is 0. The van der Waals surface area contributed by atoms with Crippen LogP contribution in [0.1, 0.15) is 11.1 Å². The first kappa shape index (κ1) is 9.20. The van der Waals surface area contributed by atoms with Crippen LogP contribution in [0, 0.1) is 0 Å². The van der Waals surface area contributed by atoms with Gasteiger partial charge in [-0.05, 0) is 17.2 Å². The maximum atomic E-state index is 12.6. The molecule has 0 spiro atoms. The molecule has 1 rings (SSSR count). The fourth-order valence-electron chi connectivity index (χ4n) is 0.933. The molecule has 0 saturated heterocycles. The molecule has 0 fully saturated rings. The SMILES string of the molecule is C=Cc1ccccc1C(F)(F)Cl. The number of halogens is 3. The van der Waals surface area contributed by atoms with Crippen molar-refractivity contribution in [2.24, 2.45) is 0 Å². The molecule has 0 radical (unpaired) electrons. The normalized spacial score (nSPS) is 11.2. The highest BCUT2D eigenvalue weighted by Gasteiger charge is 2.29. The van der Waals surface area contributed by atoms with E-state index in [4.69, 9.17) is 11.6 Å². The van der Waals surface area contributed by atoms with Crippen molar-refractivity contribution in [3.8, 4) is 0 Å². The second kappa shape index (κ2) is 3.23. The smallest absolute Gasteiger partial charge is 0.183 e. The van der Waals surface area contributed by atoms with Crippen molar-refractivity contribution in [2.45, 2.75) is 5.38 Å². The van der Waals surface area contributed by atoms with E-state index in [1.54, 1.807) is 12.1 Å². The van der Waals surface area contributed by atoms with E-state index in [9.17, 15) is 8.78 Å². The fraction of sp³-hybridized carbons (Fsp3) is 0.111. The van der Waals surface area contributed by atoms with Crippen LogP contribution in [0.25, 0.3) is 6.08 Å². The van der Waals surface area contributed by atoms with E-state index < -0.39 is 5.38 Å². The van der Waals surface area contributed by atoms with Gasteiger partial charge in [-0.1, -0.05) is 36.9 Å². The molecule has 0 atom stereocenters. The van der Waals surface area contributed by atoms with Gasteiger partial charge in [0, 0.05) is 5.56 Å². The predicted molar refractivity (Wildman–Crippen MR) is 46.3 cm³/mol. The molecule has 0 amide bonds. The van der Waals surface area contributed by atoms with Crippen molar-refractivity contribution in [1.82, 2.24) is 0 Å². The van der Waals surface area contributed by atoms with E-state index >= 15 is 0 Å². The Bertz CT molecular complexity index is 289. The maximum absolute atomic E-state index is 12.6. The van der Waals surface area contributed by atoms with E-state index in [-0.39, 0.29) is 5.56 Å². The van der Waals surface area contributed by atoms with E-state index in [1.165, 1.54) is 18.2 Å². The molecule has 0 nitrogen and oxygen atoms in total. The lowest BCUT2D eigenvalue weighted by Gasteiger charge is -2.10. The van der Waals surface area contributed by atoms with Gasteiger partial charge in [0.1, 0.15) is 0 Å². The summed E-state index contributed by atoms with van der Waals surface area (Å²) in [6.45, 7) is 3.41. The van der Waals surface area contributed by atoms with E-state index in [1.807, 2.05) is 0 Å². The summed E-state index contributed by atoms with van der Waals surface area (Å²) < 4.78 is 25.2. The zero-order valence-corrected chi connectivity index (χ0v) is 6.98. The van der Waals surface area contributed by atoms with E-state index in [0.29, 0.717) is 5.56 Å². The first-order valence-electron chi connectivity index (χ1n) is 3.34. The zero-order chi connectivity index (χ0) is 9.19. The van der Waals surface area contributed by atoms with E-state index in [2.05, 4.69) is 6.58 Å². The molecule has 0 aliphatic carbocycles. The van der Waals surface area contributed by atoms with Crippen molar-refractivity contribution in [2.75, 3.05) is 0 Å².